The zero-order valence-corrected chi connectivity index (χ0v) is 12.2. The molecule has 4 heteroatoms. The molecule has 1 saturated carbocycles. The summed E-state index contributed by atoms with van der Waals surface area (Å²) < 4.78 is 0. The summed E-state index contributed by atoms with van der Waals surface area (Å²) in [6.07, 6.45) is 8.04. The number of piperidine rings is 1. The maximum atomic E-state index is 11.8. The molecule has 1 heterocycles. The van der Waals surface area contributed by atoms with E-state index >= 15 is 0 Å². The summed E-state index contributed by atoms with van der Waals surface area (Å²) in [7, 11) is 0. The van der Waals surface area contributed by atoms with Crippen molar-refractivity contribution < 1.29 is 4.79 Å². The number of nitrogens with one attached hydrogen (secondary N) is 2. The first-order valence-electron chi connectivity index (χ1n) is 7.29. The highest BCUT2D eigenvalue weighted by Crippen LogP contribution is 2.34. The molecule has 1 aliphatic carbocycles. The molecule has 0 radical (unpaired) electrons. The van der Waals surface area contributed by atoms with Gasteiger partial charge in [0.15, 0.2) is 0 Å². The van der Waals surface area contributed by atoms with E-state index in [2.05, 4.69) is 17.6 Å². The van der Waals surface area contributed by atoms with Gasteiger partial charge < -0.3 is 10.6 Å². The van der Waals surface area contributed by atoms with E-state index in [-0.39, 0.29) is 18.3 Å². The van der Waals surface area contributed by atoms with Crippen LogP contribution >= 0.6 is 12.4 Å². The molecule has 0 aromatic rings. The van der Waals surface area contributed by atoms with Gasteiger partial charge in [0.05, 0.1) is 0 Å². The van der Waals surface area contributed by atoms with Crippen LogP contribution in [-0.4, -0.2) is 25.0 Å². The third-order valence-electron chi connectivity index (χ3n) is 4.17. The SMILES string of the molecule is CCCC1CC1NC(=O)CCC1CCNCC1.Cl. The molecule has 106 valence electrons. The van der Waals surface area contributed by atoms with Crippen LogP contribution in [0.25, 0.3) is 0 Å². The molecule has 2 atom stereocenters. The molecule has 2 fully saturated rings. The van der Waals surface area contributed by atoms with Crippen LogP contribution < -0.4 is 10.6 Å². The zero-order chi connectivity index (χ0) is 12.1. The van der Waals surface area contributed by atoms with E-state index in [9.17, 15) is 4.79 Å². The molecule has 1 amide bonds. The maximum absolute atomic E-state index is 11.8. The Morgan fingerprint density at radius 3 is 2.67 bits per heavy atom. The van der Waals surface area contributed by atoms with Crippen LogP contribution in [0.4, 0.5) is 0 Å². The summed E-state index contributed by atoms with van der Waals surface area (Å²) >= 11 is 0. The van der Waals surface area contributed by atoms with Gasteiger partial charge in [-0.3, -0.25) is 4.79 Å². The molecule has 2 aliphatic rings. The van der Waals surface area contributed by atoms with Crippen molar-refractivity contribution in [1.82, 2.24) is 10.6 Å². The molecule has 2 unspecified atom stereocenters. The summed E-state index contributed by atoms with van der Waals surface area (Å²) in [4.78, 5) is 11.8. The van der Waals surface area contributed by atoms with Crippen LogP contribution in [0.1, 0.15) is 51.9 Å². The molecule has 3 nitrogen and oxygen atoms in total. The lowest BCUT2D eigenvalue weighted by Crippen LogP contribution is -2.30. The average molecular weight is 275 g/mol. The fraction of sp³-hybridized carbons (Fsp3) is 0.929. The Kier molecular flexibility index (Phi) is 7.02. The number of halogens is 1. The summed E-state index contributed by atoms with van der Waals surface area (Å²) in [5.41, 5.74) is 0. The van der Waals surface area contributed by atoms with Crippen molar-refractivity contribution in [2.75, 3.05) is 13.1 Å². The monoisotopic (exact) mass is 274 g/mol. The van der Waals surface area contributed by atoms with Crippen molar-refractivity contribution in [3.05, 3.63) is 0 Å². The van der Waals surface area contributed by atoms with Crippen molar-refractivity contribution in [3.8, 4) is 0 Å². The van der Waals surface area contributed by atoms with Gasteiger partial charge in [-0.2, -0.15) is 0 Å². The van der Waals surface area contributed by atoms with Gasteiger partial charge in [0.2, 0.25) is 5.91 Å². The first kappa shape index (κ1) is 15.8. The van der Waals surface area contributed by atoms with Gasteiger partial charge in [-0.15, -0.1) is 12.4 Å². The van der Waals surface area contributed by atoms with Gasteiger partial charge >= 0.3 is 0 Å². The van der Waals surface area contributed by atoms with Crippen LogP contribution in [0, 0.1) is 11.8 Å². The van der Waals surface area contributed by atoms with Crippen molar-refractivity contribution in [1.29, 1.82) is 0 Å². The quantitative estimate of drug-likeness (QED) is 0.781. The first-order valence-corrected chi connectivity index (χ1v) is 7.29. The molecule has 18 heavy (non-hydrogen) atoms. The fourth-order valence-electron chi connectivity index (χ4n) is 2.90. The van der Waals surface area contributed by atoms with Gasteiger partial charge in [0.1, 0.15) is 0 Å². The van der Waals surface area contributed by atoms with Crippen molar-refractivity contribution in [2.24, 2.45) is 11.8 Å². The predicted octanol–water partition coefficient (Wildman–Crippen LogP) is 2.49. The van der Waals surface area contributed by atoms with Crippen LogP contribution in [-0.2, 0) is 4.79 Å². The number of hydrogen-bond donors (Lipinski definition) is 2. The number of rotatable bonds is 6. The summed E-state index contributed by atoms with van der Waals surface area (Å²) in [6, 6.07) is 0.510. The van der Waals surface area contributed by atoms with Crippen molar-refractivity contribution in [3.63, 3.8) is 0 Å². The molecule has 1 aliphatic heterocycles. The second kappa shape index (κ2) is 8.00. The smallest absolute Gasteiger partial charge is 0.220 e. The Bertz CT molecular complexity index is 254. The molecular formula is C14H27ClN2O. The van der Waals surface area contributed by atoms with Crippen molar-refractivity contribution >= 4 is 18.3 Å². The van der Waals surface area contributed by atoms with Gasteiger partial charge in [-0.05, 0) is 57.0 Å². The summed E-state index contributed by atoms with van der Waals surface area (Å²) in [5, 5.41) is 6.54. The van der Waals surface area contributed by atoms with E-state index in [1.54, 1.807) is 0 Å². The number of amides is 1. The minimum Gasteiger partial charge on any atom is -0.353 e. The van der Waals surface area contributed by atoms with E-state index in [1.165, 1.54) is 32.1 Å². The Labute approximate surface area is 117 Å². The third kappa shape index (κ3) is 5.15. The topological polar surface area (TPSA) is 41.1 Å². The van der Waals surface area contributed by atoms with Crippen molar-refractivity contribution in [2.45, 2.75) is 57.9 Å². The molecule has 0 bridgehead atoms. The lowest BCUT2D eigenvalue weighted by Gasteiger charge is -2.22. The Balaban J connectivity index is 0.00000162. The third-order valence-corrected chi connectivity index (χ3v) is 4.17. The molecule has 2 N–H and O–H groups in total. The van der Waals surface area contributed by atoms with Gasteiger partial charge in [-0.1, -0.05) is 13.3 Å². The Hall–Kier alpha value is -0.280. The summed E-state index contributed by atoms with van der Waals surface area (Å²) in [5.74, 6) is 1.84. The van der Waals surface area contributed by atoms with E-state index in [4.69, 9.17) is 0 Å². The minimum atomic E-state index is 0. The maximum Gasteiger partial charge on any atom is 0.220 e. The standard InChI is InChI=1S/C14H26N2O.ClH/c1-2-3-12-10-13(12)16-14(17)5-4-11-6-8-15-9-7-11;/h11-13,15H,2-10H2,1H3,(H,16,17);1H. The van der Waals surface area contributed by atoms with Crippen LogP contribution in [0.2, 0.25) is 0 Å². The second-order valence-corrected chi connectivity index (χ2v) is 5.69. The van der Waals surface area contributed by atoms with E-state index in [1.807, 2.05) is 0 Å². The first-order chi connectivity index (χ1) is 8.29. The average Bonchev–Trinajstić information content (AvgIpc) is 3.06. The minimum absolute atomic E-state index is 0. The largest absolute Gasteiger partial charge is 0.353 e. The lowest BCUT2D eigenvalue weighted by molar-refractivity contribution is -0.121. The molecule has 0 aromatic carbocycles. The number of carbonyl (C=O) groups excluding carboxylic acids is 1. The van der Waals surface area contributed by atoms with E-state index in [0.29, 0.717) is 6.04 Å². The van der Waals surface area contributed by atoms with E-state index in [0.717, 1.165) is 37.8 Å². The lowest BCUT2D eigenvalue weighted by atomic mass is 9.93. The van der Waals surface area contributed by atoms with Crippen LogP contribution in [0.3, 0.4) is 0 Å². The van der Waals surface area contributed by atoms with E-state index < -0.39 is 0 Å². The van der Waals surface area contributed by atoms with Gasteiger partial charge in [0.25, 0.3) is 0 Å². The van der Waals surface area contributed by atoms with Gasteiger partial charge in [0, 0.05) is 12.5 Å². The highest BCUT2D eigenvalue weighted by molar-refractivity contribution is 5.85. The molecule has 2 rings (SSSR count). The second-order valence-electron chi connectivity index (χ2n) is 5.69. The Morgan fingerprint density at radius 1 is 1.28 bits per heavy atom. The highest BCUT2D eigenvalue weighted by atomic mass is 35.5. The molecule has 0 spiro atoms. The Morgan fingerprint density at radius 2 is 2.00 bits per heavy atom. The van der Waals surface area contributed by atoms with Crippen LogP contribution in [0.5, 0.6) is 0 Å². The molecule has 1 saturated heterocycles. The zero-order valence-electron chi connectivity index (χ0n) is 11.4. The van der Waals surface area contributed by atoms with Gasteiger partial charge in [-0.25, -0.2) is 0 Å². The number of carbonyl (C=O) groups is 1. The number of hydrogen-bond acceptors (Lipinski definition) is 2. The predicted molar refractivity (Wildman–Crippen MR) is 77.0 cm³/mol. The van der Waals surface area contributed by atoms with Crippen LogP contribution in [0.15, 0.2) is 0 Å². The highest BCUT2D eigenvalue weighted by Gasteiger charge is 2.36. The normalized spacial score (nSPS) is 27.4. The fourth-order valence-corrected chi connectivity index (χ4v) is 2.90. The molecule has 0 aromatic heterocycles. The molecular weight excluding hydrogens is 248 g/mol. The summed E-state index contributed by atoms with van der Waals surface area (Å²) in [6.45, 7) is 4.48.